The highest BCUT2D eigenvalue weighted by Gasteiger charge is 2.19. The van der Waals surface area contributed by atoms with Gasteiger partial charge in [0.1, 0.15) is 0 Å². The molecule has 8 heteroatoms. The van der Waals surface area contributed by atoms with Gasteiger partial charge in [-0.15, -0.1) is 0 Å². The van der Waals surface area contributed by atoms with Gasteiger partial charge in [0.25, 0.3) is 0 Å². The van der Waals surface area contributed by atoms with E-state index in [1.54, 1.807) is 0 Å². The summed E-state index contributed by atoms with van der Waals surface area (Å²) in [5.41, 5.74) is 10.7. The Morgan fingerprint density at radius 2 is 1.22 bits per heavy atom. The molecule has 0 rings (SSSR count). The van der Waals surface area contributed by atoms with Crippen LogP contribution in [0.1, 0.15) is 12.8 Å². The van der Waals surface area contributed by atoms with Crippen molar-refractivity contribution >= 4 is 33.5 Å². The molecular weight excluding hydrogens is 276 g/mol. The first kappa shape index (κ1) is 17.6. The Labute approximate surface area is 114 Å². The molecule has 0 heterocycles. The molecule has 6 nitrogen and oxygen atoms in total. The molecular formula is C10H20N2O4S2. The Morgan fingerprint density at radius 3 is 1.44 bits per heavy atom. The maximum Gasteiger partial charge on any atom is 0.307 e. The number of hydrogen-bond acceptors (Lipinski definition) is 6. The third-order valence-electron chi connectivity index (χ3n) is 2.35. The average molecular weight is 296 g/mol. The summed E-state index contributed by atoms with van der Waals surface area (Å²) in [5, 5.41) is 17.8. The van der Waals surface area contributed by atoms with Crippen LogP contribution in [0, 0.1) is 11.8 Å². The van der Waals surface area contributed by atoms with Crippen LogP contribution in [0.15, 0.2) is 0 Å². The van der Waals surface area contributed by atoms with Gasteiger partial charge in [0.2, 0.25) is 0 Å². The first-order valence-electron chi connectivity index (χ1n) is 5.63. The van der Waals surface area contributed by atoms with Crippen molar-refractivity contribution in [1.29, 1.82) is 0 Å². The van der Waals surface area contributed by atoms with Crippen LogP contribution >= 0.6 is 21.6 Å². The number of nitrogens with two attached hydrogens (primary N) is 2. The van der Waals surface area contributed by atoms with E-state index in [1.165, 1.54) is 21.6 Å². The van der Waals surface area contributed by atoms with E-state index in [4.69, 9.17) is 21.7 Å². The molecule has 0 fully saturated rings. The van der Waals surface area contributed by atoms with Crippen molar-refractivity contribution < 1.29 is 19.8 Å². The largest absolute Gasteiger partial charge is 0.481 e. The second-order valence-electron chi connectivity index (χ2n) is 3.79. The zero-order chi connectivity index (χ0) is 14.0. The Hall–Kier alpha value is -0.440. The number of carbonyl (C=O) groups is 2. The third-order valence-corrected chi connectivity index (χ3v) is 4.91. The molecule has 0 aliphatic carbocycles. The van der Waals surface area contributed by atoms with Crippen molar-refractivity contribution in [3.63, 3.8) is 0 Å². The minimum absolute atomic E-state index is 0.340. The van der Waals surface area contributed by atoms with Gasteiger partial charge in [-0.05, 0) is 25.9 Å². The average Bonchev–Trinajstić information content (AvgIpc) is 2.30. The maximum atomic E-state index is 10.8. The Balaban J connectivity index is 3.87. The van der Waals surface area contributed by atoms with E-state index in [0.717, 1.165) is 0 Å². The van der Waals surface area contributed by atoms with Crippen LogP contribution in [0.4, 0.5) is 0 Å². The van der Waals surface area contributed by atoms with E-state index in [-0.39, 0.29) is 0 Å². The Bertz CT molecular complexity index is 240. The van der Waals surface area contributed by atoms with E-state index in [0.29, 0.717) is 37.4 Å². The molecule has 6 N–H and O–H groups in total. The standard InChI is InChI=1S/C10H20N2O4S2/c11-3-1-7(9(13)14)5-17-18-6-8(2-4-12)10(15)16/h7-8H,1-6,11-12H2,(H,13,14)(H,15,16). The monoisotopic (exact) mass is 296 g/mol. The molecule has 0 aliphatic rings. The first-order valence-corrected chi connectivity index (χ1v) is 8.11. The number of hydrogen-bond donors (Lipinski definition) is 4. The highest BCUT2D eigenvalue weighted by molar-refractivity contribution is 8.76. The van der Waals surface area contributed by atoms with Crippen molar-refractivity contribution in [3.05, 3.63) is 0 Å². The number of rotatable bonds is 11. The minimum atomic E-state index is -0.856. The van der Waals surface area contributed by atoms with Crippen LogP contribution in [-0.4, -0.2) is 46.7 Å². The zero-order valence-corrected chi connectivity index (χ0v) is 11.7. The van der Waals surface area contributed by atoms with Crippen LogP contribution in [-0.2, 0) is 9.59 Å². The molecule has 0 amide bonds. The summed E-state index contributed by atoms with van der Waals surface area (Å²) in [6, 6.07) is 0. The van der Waals surface area contributed by atoms with Crippen molar-refractivity contribution in [1.82, 2.24) is 0 Å². The van der Waals surface area contributed by atoms with Gasteiger partial charge in [-0.3, -0.25) is 9.59 Å². The Kier molecular flexibility index (Phi) is 10.2. The number of aliphatic carboxylic acids is 2. The summed E-state index contributed by atoms with van der Waals surface area (Å²) in [4.78, 5) is 21.7. The fourth-order valence-corrected chi connectivity index (χ4v) is 3.92. The molecule has 18 heavy (non-hydrogen) atoms. The second kappa shape index (κ2) is 10.5. The summed E-state index contributed by atoms with van der Waals surface area (Å²) in [5.74, 6) is -1.77. The van der Waals surface area contributed by atoms with Crippen LogP contribution < -0.4 is 11.5 Å². The third kappa shape index (κ3) is 7.80. The topological polar surface area (TPSA) is 127 Å². The fraction of sp³-hybridized carbons (Fsp3) is 0.800. The molecule has 2 atom stereocenters. The second-order valence-corrected chi connectivity index (χ2v) is 6.35. The molecule has 0 radical (unpaired) electrons. The van der Waals surface area contributed by atoms with Crippen LogP contribution in [0.2, 0.25) is 0 Å². The molecule has 0 saturated carbocycles. The van der Waals surface area contributed by atoms with Gasteiger partial charge in [-0.25, -0.2) is 0 Å². The molecule has 0 saturated heterocycles. The lowest BCUT2D eigenvalue weighted by atomic mass is 10.1. The minimum Gasteiger partial charge on any atom is -0.481 e. The lowest BCUT2D eigenvalue weighted by molar-refractivity contribution is -0.142. The van der Waals surface area contributed by atoms with Crippen molar-refractivity contribution in [2.75, 3.05) is 24.6 Å². The lowest BCUT2D eigenvalue weighted by Gasteiger charge is -2.12. The zero-order valence-electron chi connectivity index (χ0n) is 10.1. The smallest absolute Gasteiger partial charge is 0.307 e. The van der Waals surface area contributed by atoms with E-state index in [2.05, 4.69) is 0 Å². The van der Waals surface area contributed by atoms with Crippen molar-refractivity contribution in [2.24, 2.45) is 23.3 Å². The summed E-state index contributed by atoms with van der Waals surface area (Å²) in [7, 11) is 2.75. The van der Waals surface area contributed by atoms with E-state index in [1.807, 2.05) is 0 Å². The molecule has 0 bridgehead atoms. The summed E-state index contributed by atoms with van der Waals surface area (Å²) in [6.45, 7) is 0.681. The first-order chi connectivity index (χ1) is 8.52. The van der Waals surface area contributed by atoms with Gasteiger partial charge in [-0.1, -0.05) is 21.6 Å². The summed E-state index contributed by atoms with van der Waals surface area (Å²) in [6.07, 6.45) is 0.877. The van der Waals surface area contributed by atoms with Crippen molar-refractivity contribution in [3.8, 4) is 0 Å². The van der Waals surface area contributed by atoms with Gasteiger partial charge >= 0.3 is 11.9 Å². The predicted molar refractivity (Wildman–Crippen MR) is 74.5 cm³/mol. The van der Waals surface area contributed by atoms with Gasteiger partial charge in [0, 0.05) is 11.5 Å². The highest BCUT2D eigenvalue weighted by atomic mass is 33.1. The molecule has 0 aromatic carbocycles. The van der Waals surface area contributed by atoms with E-state index < -0.39 is 23.8 Å². The predicted octanol–water partition coefficient (Wildman–Crippen LogP) is 0.467. The molecule has 0 aliphatic heterocycles. The van der Waals surface area contributed by atoms with Gasteiger partial charge in [0.15, 0.2) is 0 Å². The maximum absolute atomic E-state index is 10.8. The van der Waals surface area contributed by atoms with Crippen LogP contribution in [0.5, 0.6) is 0 Å². The molecule has 0 aromatic rings. The van der Waals surface area contributed by atoms with E-state index >= 15 is 0 Å². The van der Waals surface area contributed by atoms with E-state index in [9.17, 15) is 9.59 Å². The lowest BCUT2D eigenvalue weighted by Crippen LogP contribution is -2.21. The van der Waals surface area contributed by atoms with Gasteiger partial charge in [0.05, 0.1) is 11.8 Å². The Morgan fingerprint density at radius 1 is 0.889 bits per heavy atom. The number of carboxylic acids is 2. The van der Waals surface area contributed by atoms with Crippen LogP contribution in [0.25, 0.3) is 0 Å². The van der Waals surface area contributed by atoms with Crippen molar-refractivity contribution in [2.45, 2.75) is 12.8 Å². The SMILES string of the molecule is NCCC(CSSCC(CCN)C(=O)O)C(=O)O. The summed E-state index contributed by atoms with van der Waals surface area (Å²) < 4.78 is 0. The quantitative estimate of drug-likeness (QED) is 0.320. The molecule has 106 valence electrons. The van der Waals surface area contributed by atoms with Gasteiger partial charge in [-0.2, -0.15) is 0 Å². The van der Waals surface area contributed by atoms with Crippen LogP contribution in [0.3, 0.4) is 0 Å². The molecule has 2 unspecified atom stereocenters. The normalized spacial score (nSPS) is 14.1. The van der Waals surface area contributed by atoms with Gasteiger partial charge < -0.3 is 21.7 Å². The molecule has 0 aromatic heterocycles. The fourth-order valence-electron chi connectivity index (χ4n) is 1.22. The highest BCUT2D eigenvalue weighted by Crippen LogP contribution is 2.28. The number of carboxylic acid groups (broad SMARTS) is 2. The molecule has 0 spiro atoms. The summed E-state index contributed by atoms with van der Waals surface area (Å²) >= 11 is 0.